The van der Waals surface area contributed by atoms with Gasteiger partial charge >= 0.3 is 5.97 Å². The summed E-state index contributed by atoms with van der Waals surface area (Å²) in [6.07, 6.45) is 2.34. The molecule has 0 aliphatic heterocycles. The molecule has 0 saturated heterocycles. The lowest BCUT2D eigenvalue weighted by Crippen LogP contribution is -2.33. The first kappa shape index (κ1) is 16.0. The minimum atomic E-state index is -0.726. The summed E-state index contributed by atoms with van der Waals surface area (Å²) in [6, 6.07) is 3.51. The molecule has 0 aliphatic rings. The minimum absolute atomic E-state index is 0.253. The van der Waals surface area contributed by atoms with Crippen LogP contribution in [0.5, 0.6) is 0 Å². The van der Waals surface area contributed by atoms with Crippen molar-refractivity contribution in [3.63, 3.8) is 0 Å². The first-order chi connectivity index (χ1) is 9.54. The van der Waals surface area contributed by atoms with Crippen molar-refractivity contribution in [2.24, 2.45) is 0 Å². The lowest BCUT2D eigenvalue weighted by molar-refractivity contribution is -0.160. The van der Waals surface area contributed by atoms with Crippen LogP contribution in [0.15, 0.2) is 35.5 Å². The molecule has 6 nitrogen and oxygen atoms in total. The summed E-state index contributed by atoms with van der Waals surface area (Å²) in [5.74, 6) is -0.230. The summed E-state index contributed by atoms with van der Waals surface area (Å²) < 4.78 is 15.1. The fraction of sp³-hybridized carbons (Fsp3) is 0.429. The topological polar surface area (TPSA) is 69.0 Å². The van der Waals surface area contributed by atoms with Gasteiger partial charge < -0.3 is 18.8 Å². The molecule has 0 saturated carbocycles. The number of hydrogen-bond acceptors (Lipinski definition) is 5. The van der Waals surface area contributed by atoms with E-state index < -0.39 is 12.1 Å². The minimum Gasteiger partial charge on any atom is -0.467 e. The number of hydrogen-bond donors (Lipinski definition) is 0. The van der Waals surface area contributed by atoms with Crippen LogP contribution in [0.4, 0.5) is 0 Å². The van der Waals surface area contributed by atoms with Gasteiger partial charge in [-0.3, -0.25) is 4.79 Å². The molecule has 0 N–H and O–H groups in total. The molecule has 6 heteroatoms. The maximum absolute atomic E-state index is 11.8. The van der Waals surface area contributed by atoms with Crippen molar-refractivity contribution in [2.45, 2.75) is 19.6 Å². The number of amides is 1. The predicted octanol–water partition coefficient (Wildman–Crippen LogP) is 1.37. The maximum atomic E-state index is 11.8. The lowest BCUT2D eigenvalue weighted by atomic mass is 10.4. The van der Waals surface area contributed by atoms with Gasteiger partial charge in [0.05, 0.1) is 19.4 Å². The smallest absolute Gasteiger partial charge is 0.335 e. The fourth-order valence-electron chi connectivity index (χ4n) is 1.37. The maximum Gasteiger partial charge on any atom is 0.335 e. The van der Waals surface area contributed by atoms with Gasteiger partial charge in [0.15, 0.2) is 12.7 Å². The molecule has 1 aromatic heterocycles. The third-order valence-electron chi connectivity index (χ3n) is 2.53. The molecular formula is C14H19NO5. The van der Waals surface area contributed by atoms with E-state index in [1.807, 2.05) is 0 Å². The van der Waals surface area contributed by atoms with Crippen molar-refractivity contribution in [1.29, 1.82) is 0 Å². The standard InChI is InChI=1S/C14H19NO5/c1-4-7-18-11(2)14(17)20-10-13(16)15(3)9-12-6-5-8-19-12/h4-6,8,11H,1,7,9-10H2,2-3H3. The normalized spacial score (nSPS) is 11.7. The molecule has 1 atom stereocenters. The number of likely N-dealkylation sites (N-methyl/N-ethyl adjacent to an activating group) is 1. The zero-order chi connectivity index (χ0) is 15.0. The first-order valence-corrected chi connectivity index (χ1v) is 6.20. The van der Waals surface area contributed by atoms with E-state index in [-0.39, 0.29) is 19.1 Å². The van der Waals surface area contributed by atoms with E-state index in [9.17, 15) is 9.59 Å². The first-order valence-electron chi connectivity index (χ1n) is 6.20. The summed E-state index contributed by atoms with van der Waals surface area (Å²) >= 11 is 0. The zero-order valence-electron chi connectivity index (χ0n) is 11.7. The number of nitrogens with zero attached hydrogens (tertiary/aromatic N) is 1. The van der Waals surface area contributed by atoms with Crippen LogP contribution in [0.25, 0.3) is 0 Å². The van der Waals surface area contributed by atoms with Crippen LogP contribution in [0.1, 0.15) is 12.7 Å². The molecular weight excluding hydrogens is 262 g/mol. The molecule has 0 aromatic carbocycles. The summed E-state index contributed by atoms with van der Waals surface area (Å²) in [6.45, 7) is 5.29. The van der Waals surface area contributed by atoms with Crippen molar-refractivity contribution < 1.29 is 23.5 Å². The van der Waals surface area contributed by atoms with Gasteiger partial charge in [-0.15, -0.1) is 6.58 Å². The Morgan fingerprint density at radius 1 is 1.55 bits per heavy atom. The van der Waals surface area contributed by atoms with Gasteiger partial charge in [0.2, 0.25) is 0 Å². The second kappa shape index (κ2) is 8.16. The van der Waals surface area contributed by atoms with Crippen LogP contribution in [0.3, 0.4) is 0 Å². The Bertz CT molecular complexity index is 440. The summed E-state index contributed by atoms with van der Waals surface area (Å²) in [5, 5.41) is 0. The van der Waals surface area contributed by atoms with Crippen LogP contribution < -0.4 is 0 Å². The van der Waals surface area contributed by atoms with Crippen LogP contribution in [0.2, 0.25) is 0 Å². The van der Waals surface area contributed by atoms with Crippen molar-refractivity contribution in [3.05, 3.63) is 36.8 Å². The van der Waals surface area contributed by atoms with E-state index in [4.69, 9.17) is 13.9 Å². The van der Waals surface area contributed by atoms with Crippen LogP contribution >= 0.6 is 0 Å². The summed E-state index contributed by atoms with van der Waals surface area (Å²) in [5.41, 5.74) is 0. The highest BCUT2D eigenvalue weighted by Crippen LogP contribution is 2.04. The molecule has 110 valence electrons. The van der Waals surface area contributed by atoms with E-state index in [1.54, 1.807) is 26.1 Å². The highest BCUT2D eigenvalue weighted by molar-refractivity contribution is 5.81. The Morgan fingerprint density at radius 3 is 2.90 bits per heavy atom. The number of furan rings is 1. The van der Waals surface area contributed by atoms with Crippen molar-refractivity contribution >= 4 is 11.9 Å². The van der Waals surface area contributed by atoms with Gasteiger partial charge in [-0.25, -0.2) is 4.79 Å². The molecule has 1 aromatic rings. The van der Waals surface area contributed by atoms with Crippen molar-refractivity contribution in [3.8, 4) is 0 Å². The molecule has 0 aliphatic carbocycles. The fourth-order valence-corrected chi connectivity index (χ4v) is 1.37. The van der Waals surface area contributed by atoms with Gasteiger partial charge in [-0.1, -0.05) is 6.08 Å². The van der Waals surface area contributed by atoms with Gasteiger partial charge in [-0.05, 0) is 19.1 Å². The van der Waals surface area contributed by atoms with E-state index in [2.05, 4.69) is 6.58 Å². The van der Waals surface area contributed by atoms with Gasteiger partial charge in [0.1, 0.15) is 5.76 Å². The molecule has 1 unspecified atom stereocenters. The van der Waals surface area contributed by atoms with Crippen LogP contribution in [0, 0.1) is 0 Å². The molecule has 1 amide bonds. The number of ether oxygens (including phenoxy) is 2. The molecule has 0 spiro atoms. The Morgan fingerprint density at radius 2 is 2.30 bits per heavy atom. The quantitative estimate of drug-likeness (QED) is 0.532. The number of carbonyl (C=O) groups excluding carboxylic acids is 2. The van der Waals surface area contributed by atoms with E-state index >= 15 is 0 Å². The number of carbonyl (C=O) groups is 2. The predicted molar refractivity (Wildman–Crippen MR) is 71.8 cm³/mol. The lowest BCUT2D eigenvalue weighted by Gasteiger charge is -2.16. The Balaban J connectivity index is 2.31. The number of rotatable bonds is 8. The average Bonchev–Trinajstić information content (AvgIpc) is 2.94. The highest BCUT2D eigenvalue weighted by atomic mass is 16.6. The van der Waals surface area contributed by atoms with E-state index in [1.165, 1.54) is 17.2 Å². The van der Waals surface area contributed by atoms with Crippen molar-refractivity contribution in [2.75, 3.05) is 20.3 Å². The molecule has 1 rings (SSSR count). The Labute approximate surface area is 117 Å². The van der Waals surface area contributed by atoms with Crippen LogP contribution in [-0.2, 0) is 25.6 Å². The SMILES string of the molecule is C=CCOC(C)C(=O)OCC(=O)N(C)Cc1ccco1. The van der Waals surface area contributed by atoms with E-state index in [0.717, 1.165) is 0 Å². The molecule has 20 heavy (non-hydrogen) atoms. The van der Waals surface area contributed by atoms with Crippen molar-refractivity contribution in [1.82, 2.24) is 4.90 Å². The molecule has 0 bridgehead atoms. The second-order valence-electron chi connectivity index (χ2n) is 4.20. The van der Waals surface area contributed by atoms with Crippen LogP contribution in [-0.4, -0.2) is 43.1 Å². The molecule has 0 fully saturated rings. The summed E-state index contributed by atoms with van der Waals surface area (Å²) in [7, 11) is 1.61. The molecule has 0 radical (unpaired) electrons. The highest BCUT2D eigenvalue weighted by Gasteiger charge is 2.18. The third-order valence-corrected chi connectivity index (χ3v) is 2.53. The third kappa shape index (κ3) is 5.27. The van der Waals surface area contributed by atoms with Gasteiger partial charge in [0, 0.05) is 7.05 Å². The Hall–Kier alpha value is -2.08. The summed E-state index contributed by atoms with van der Waals surface area (Å²) in [4.78, 5) is 24.7. The largest absolute Gasteiger partial charge is 0.467 e. The van der Waals surface area contributed by atoms with Gasteiger partial charge in [0.25, 0.3) is 5.91 Å². The monoisotopic (exact) mass is 281 g/mol. The molecule has 1 heterocycles. The Kier molecular flexibility index (Phi) is 6.52. The second-order valence-corrected chi connectivity index (χ2v) is 4.20. The van der Waals surface area contributed by atoms with E-state index in [0.29, 0.717) is 12.3 Å². The van der Waals surface area contributed by atoms with Gasteiger partial charge in [-0.2, -0.15) is 0 Å². The number of esters is 1. The zero-order valence-corrected chi connectivity index (χ0v) is 11.7. The average molecular weight is 281 g/mol.